The monoisotopic (exact) mass is 486 g/mol. The van der Waals surface area contributed by atoms with Gasteiger partial charge in [-0.2, -0.15) is 0 Å². The van der Waals surface area contributed by atoms with Gasteiger partial charge in [-0.25, -0.2) is 13.1 Å². The van der Waals surface area contributed by atoms with Crippen molar-refractivity contribution < 1.29 is 27.5 Å². The van der Waals surface area contributed by atoms with Crippen LogP contribution in [-0.4, -0.2) is 65.1 Å². The molecule has 0 unspecified atom stereocenters. The van der Waals surface area contributed by atoms with Gasteiger partial charge in [0.25, 0.3) is 0 Å². The van der Waals surface area contributed by atoms with Crippen LogP contribution in [0.3, 0.4) is 0 Å². The number of rotatable bonds is 8. The maximum absolute atomic E-state index is 12.9. The lowest BCUT2D eigenvalue weighted by molar-refractivity contribution is -0.133. The number of tetrazole rings is 1. The number of hydrogen-bond donors (Lipinski definition) is 0. The number of aromatic nitrogens is 4. The van der Waals surface area contributed by atoms with Crippen LogP contribution < -0.4 is 4.74 Å². The van der Waals surface area contributed by atoms with Crippen molar-refractivity contribution >= 4 is 50.5 Å². The van der Waals surface area contributed by atoms with Crippen LogP contribution >= 0.6 is 23.4 Å². The van der Waals surface area contributed by atoms with Crippen molar-refractivity contribution in [2.24, 2.45) is 5.92 Å². The minimum atomic E-state index is -3.75. The zero-order valence-electron chi connectivity index (χ0n) is 16.7. The van der Waals surface area contributed by atoms with Gasteiger partial charge in [0.15, 0.2) is 32.9 Å². The number of carbonyl (C=O) groups is 3. The minimum absolute atomic E-state index is 0.0419. The summed E-state index contributed by atoms with van der Waals surface area (Å²) in [6.07, 6.45) is 3.45. The van der Waals surface area contributed by atoms with Gasteiger partial charge in [0, 0.05) is 24.7 Å². The molecular weight excluding hydrogens is 468 g/mol. The summed E-state index contributed by atoms with van der Waals surface area (Å²) in [5.41, 5.74) is -0.134. The molecule has 1 aliphatic carbocycles. The molecule has 3 rings (SSSR count). The van der Waals surface area contributed by atoms with Gasteiger partial charge in [0.2, 0.25) is 5.16 Å². The predicted octanol–water partition coefficient (Wildman–Crippen LogP) is 1.65. The molecule has 0 N–H and O–H groups in total. The van der Waals surface area contributed by atoms with E-state index in [2.05, 4.69) is 15.5 Å². The lowest BCUT2D eigenvalue weighted by Crippen LogP contribution is -2.35. The average molecular weight is 487 g/mol. The molecule has 1 heterocycles. The number of thioether (sulfide) groups is 1. The van der Waals surface area contributed by atoms with E-state index in [-0.39, 0.29) is 47.2 Å². The van der Waals surface area contributed by atoms with E-state index >= 15 is 0 Å². The Hall–Kier alpha value is -2.31. The highest BCUT2D eigenvalue weighted by Crippen LogP contribution is 2.37. The number of hydrogen-bond acceptors (Lipinski definition) is 10. The van der Waals surface area contributed by atoms with Crippen LogP contribution in [0.2, 0.25) is 5.02 Å². The van der Waals surface area contributed by atoms with E-state index in [9.17, 15) is 22.8 Å². The van der Waals surface area contributed by atoms with Crippen molar-refractivity contribution in [1.82, 2.24) is 20.2 Å². The molecule has 0 spiro atoms. The van der Waals surface area contributed by atoms with E-state index in [0.717, 1.165) is 6.26 Å². The van der Waals surface area contributed by atoms with Crippen LogP contribution in [0.5, 0.6) is 5.75 Å². The fraction of sp³-hybridized carbons (Fsp3) is 0.444. The second-order valence-electron chi connectivity index (χ2n) is 6.85. The number of sulfone groups is 1. The predicted molar refractivity (Wildman–Crippen MR) is 111 cm³/mol. The maximum atomic E-state index is 12.9. The third-order valence-electron chi connectivity index (χ3n) is 4.71. The van der Waals surface area contributed by atoms with Gasteiger partial charge in [0.1, 0.15) is 17.4 Å². The van der Waals surface area contributed by atoms with Crippen molar-refractivity contribution in [1.29, 1.82) is 0 Å². The number of halogens is 1. The number of ether oxygens (including phenoxy) is 1. The Morgan fingerprint density at radius 1 is 1.29 bits per heavy atom. The van der Waals surface area contributed by atoms with Crippen LogP contribution in [0, 0.1) is 5.92 Å². The Morgan fingerprint density at radius 2 is 1.97 bits per heavy atom. The highest BCUT2D eigenvalue weighted by molar-refractivity contribution is 7.98. The summed E-state index contributed by atoms with van der Waals surface area (Å²) in [6.45, 7) is 0.153. The Balaban J connectivity index is 1.93. The quantitative estimate of drug-likeness (QED) is 0.307. The molecule has 10 nitrogen and oxygen atoms in total. The Kier molecular flexibility index (Phi) is 7.12. The van der Waals surface area contributed by atoms with E-state index in [1.165, 1.54) is 28.6 Å². The summed E-state index contributed by atoms with van der Waals surface area (Å²) in [5.74, 6) is -3.32. The topological polar surface area (TPSA) is 138 Å². The molecule has 1 aromatic heterocycles. The lowest BCUT2D eigenvalue weighted by atomic mass is 9.81. The molecule has 13 heteroatoms. The number of carbonyl (C=O) groups excluding carboxylic acids is 3. The largest absolute Gasteiger partial charge is 0.489 e. The van der Waals surface area contributed by atoms with Crippen LogP contribution in [0.1, 0.15) is 29.6 Å². The van der Waals surface area contributed by atoms with Gasteiger partial charge >= 0.3 is 0 Å². The van der Waals surface area contributed by atoms with E-state index in [1.807, 2.05) is 0 Å². The van der Waals surface area contributed by atoms with Crippen LogP contribution in [0.25, 0.3) is 0 Å². The molecule has 0 aliphatic heterocycles. The van der Waals surface area contributed by atoms with Crippen molar-refractivity contribution in [3.05, 3.63) is 22.7 Å². The first-order chi connectivity index (χ1) is 14.6. The second-order valence-corrected chi connectivity index (χ2v) is 9.98. The van der Waals surface area contributed by atoms with Crippen LogP contribution in [0.4, 0.5) is 0 Å². The van der Waals surface area contributed by atoms with E-state index < -0.39 is 33.1 Å². The SMILES string of the molecule is CSc1nnnn1CCOc1c(S(C)(=O)=O)ccc(C(=O)C2C(=O)CCCC2=O)c1Cl. The first-order valence-corrected chi connectivity index (χ1v) is 12.7. The molecule has 1 aromatic carbocycles. The van der Waals surface area contributed by atoms with E-state index in [0.29, 0.717) is 11.6 Å². The maximum Gasteiger partial charge on any atom is 0.209 e. The zero-order chi connectivity index (χ0) is 22.8. The van der Waals surface area contributed by atoms with E-state index in [1.54, 1.807) is 6.26 Å². The molecule has 0 amide bonds. The fourth-order valence-electron chi connectivity index (χ4n) is 3.23. The molecule has 1 fully saturated rings. The molecule has 0 bridgehead atoms. The number of benzene rings is 1. The fourth-order valence-corrected chi connectivity index (χ4v) is 4.86. The van der Waals surface area contributed by atoms with Gasteiger partial charge in [-0.3, -0.25) is 14.4 Å². The molecule has 2 aromatic rings. The number of Topliss-reactive ketones (excluding diaryl/α,β-unsaturated/α-hetero) is 3. The smallest absolute Gasteiger partial charge is 0.209 e. The van der Waals surface area contributed by atoms with Crippen molar-refractivity contribution in [3.8, 4) is 5.75 Å². The lowest BCUT2D eigenvalue weighted by Gasteiger charge is -2.20. The van der Waals surface area contributed by atoms with Gasteiger partial charge < -0.3 is 4.74 Å². The van der Waals surface area contributed by atoms with E-state index in [4.69, 9.17) is 16.3 Å². The van der Waals surface area contributed by atoms with Gasteiger partial charge in [-0.15, -0.1) is 5.10 Å². The van der Waals surface area contributed by atoms with Crippen LogP contribution in [-0.2, 0) is 26.0 Å². The average Bonchev–Trinajstić information content (AvgIpc) is 3.15. The minimum Gasteiger partial charge on any atom is -0.489 e. The standard InChI is InChI=1S/C18H19ClN4O6S2/c1-30-18-20-21-22-23(18)8-9-29-17-13(31(2,27)28)7-6-10(15(17)19)16(26)14-11(24)4-3-5-12(14)25/h6-7,14H,3-5,8-9H2,1-2H3. The summed E-state index contributed by atoms with van der Waals surface area (Å²) in [4.78, 5) is 37.1. The Bertz CT molecular complexity index is 1130. The van der Waals surface area contributed by atoms with Crippen molar-refractivity contribution in [3.63, 3.8) is 0 Å². The summed E-state index contributed by atoms with van der Waals surface area (Å²) in [6, 6.07) is 2.39. The molecule has 1 saturated carbocycles. The zero-order valence-corrected chi connectivity index (χ0v) is 19.1. The van der Waals surface area contributed by atoms with Gasteiger partial charge in [0.05, 0.1) is 11.6 Å². The molecule has 0 atom stereocenters. The first kappa shape index (κ1) is 23.4. The third-order valence-corrected chi connectivity index (χ3v) is 6.86. The molecular formula is C18H19ClN4O6S2. The van der Waals surface area contributed by atoms with Crippen LogP contribution in [0.15, 0.2) is 22.2 Å². The summed E-state index contributed by atoms with van der Waals surface area (Å²) < 4.78 is 31.5. The van der Waals surface area contributed by atoms with Crippen molar-refractivity contribution in [2.45, 2.75) is 35.9 Å². The highest BCUT2D eigenvalue weighted by atomic mass is 35.5. The first-order valence-electron chi connectivity index (χ1n) is 9.20. The molecule has 166 valence electrons. The number of nitrogens with zero attached hydrogens (tertiary/aromatic N) is 4. The third kappa shape index (κ3) is 4.96. The number of ketones is 3. The van der Waals surface area contributed by atoms with Gasteiger partial charge in [-0.05, 0) is 35.2 Å². The summed E-state index contributed by atoms with van der Waals surface area (Å²) in [5, 5.41) is 11.5. The summed E-state index contributed by atoms with van der Waals surface area (Å²) in [7, 11) is -3.75. The Labute approximate surface area is 187 Å². The molecule has 0 radical (unpaired) electrons. The normalized spacial score (nSPS) is 15.3. The molecule has 0 saturated heterocycles. The molecule has 1 aliphatic rings. The highest BCUT2D eigenvalue weighted by Gasteiger charge is 2.38. The summed E-state index contributed by atoms with van der Waals surface area (Å²) >= 11 is 7.69. The van der Waals surface area contributed by atoms with Crippen molar-refractivity contribution in [2.75, 3.05) is 19.1 Å². The molecule has 31 heavy (non-hydrogen) atoms. The Morgan fingerprint density at radius 3 is 2.58 bits per heavy atom. The second kappa shape index (κ2) is 9.45. The van der Waals surface area contributed by atoms with Gasteiger partial charge in [-0.1, -0.05) is 23.4 Å².